The second kappa shape index (κ2) is 9.81. The molecule has 0 unspecified atom stereocenters. The number of ether oxygens (including phenoxy) is 1. The number of carbonyl (C=O) groups excluding carboxylic acids is 1. The van der Waals surface area contributed by atoms with Gasteiger partial charge in [0.15, 0.2) is 0 Å². The highest BCUT2D eigenvalue weighted by atomic mass is 16.5. The number of methoxy groups -OCH3 is 1. The number of amides is 1. The Kier molecular flexibility index (Phi) is 6.91. The van der Waals surface area contributed by atoms with Gasteiger partial charge in [-0.1, -0.05) is 36.4 Å². The van der Waals surface area contributed by atoms with Crippen molar-refractivity contribution >= 4 is 11.6 Å². The Morgan fingerprint density at radius 1 is 1.07 bits per heavy atom. The minimum absolute atomic E-state index is 0.102. The molecular formula is C23H28N2O2. The van der Waals surface area contributed by atoms with Gasteiger partial charge in [0.2, 0.25) is 5.91 Å². The molecule has 2 aromatic rings. The van der Waals surface area contributed by atoms with Gasteiger partial charge in [-0.3, -0.25) is 4.79 Å². The van der Waals surface area contributed by atoms with E-state index in [0.717, 1.165) is 43.8 Å². The fourth-order valence-electron chi connectivity index (χ4n) is 3.38. The molecule has 0 aromatic heterocycles. The van der Waals surface area contributed by atoms with Gasteiger partial charge >= 0.3 is 0 Å². The number of likely N-dealkylation sites (tertiary alicyclic amines) is 1. The van der Waals surface area contributed by atoms with E-state index in [4.69, 9.17) is 4.74 Å². The molecule has 0 radical (unpaired) electrons. The molecule has 1 aliphatic heterocycles. The van der Waals surface area contributed by atoms with E-state index in [0.29, 0.717) is 0 Å². The van der Waals surface area contributed by atoms with Crippen LogP contribution in [0, 0.1) is 0 Å². The lowest BCUT2D eigenvalue weighted by molar-refractivity contribution is -0.126. The molecule has 0 bridgehead atoms. The Balaban J connectivity index is 1.66. The first-order valence-corrected chi connectivity index (χ1v) is 9.67. The van der Waals surface area contributed by atoms with Crippen LogP contribution < -0.4 is 10.1 Å². The zero-order valence-corrected chi connectivity index (χ0v) is 15.9. The van der Waals surface area contributed by atoms with Gasteiger partial charge in [-0.05, 0) is 61.6 Å². The van der Waals surface area contributed by atoms with Crippen LogP contribution in [0.1, 0.15) is 37.3 Å². The smallest absolute Gasteiger partial charge is 0.246 e. The predicted molar refractivity (Wildman–Crippen MR) is 110 cm³/mol. The topological polar surface area (TPSA) is 41.6 Å². The molecule has 27 heavy (non-hydrogen) atoms. The van der Waals surface area contributed by atoms with E-state index < -0.39 is 0 Å². The number of hydrogen-bond donors (Lipinski definition) is 1. The maximum Gasteiger partial charge on any atom is 0.246 e. The molecule has 1 aliphatic rings. The van der Waals surface area contributed by atoms with Gasteiger partial charge in [-0.25, -0.2) is 0 Å². The lowest BCUT2D eigenvalue weighted by Gasteiger charge is -2.25. The van der Waals surface area contributed by atoms with Crippen molar-refractivity contribution in [1.29, 1.82) is 0 Å². The van der Waals surface area contributed by atoms with Crippen LogP contribution in [0.3, 0.4) is 0 Å². The van der Waals surface area contributed by atoms with E-state index >= 15 is 0 Å². The number of nitrogens with one attached hydrogen (secondary N) is 1. The minimum atomic E-state index is 0.102. The Morgan fingerprint density at radius 2 is 1.78 bits per heavy atom. The number of piperidine rings is 1. The summed E-state index contributed by atoms with van der Waals surface area (Å²) >= 11 is 0. The zero-order chi connectivity index (χ0) is 18.9. The molecular weight excluding hydrogens is 336 g/mol. The van der Waals surface area contributed by atoms with Crippen molar-refractivity contribution < 1.29 is 9.53 Å². The van der Waals surface area contributed by atoms with Crippen LogP contribution in [-0.2, 0) is 4.79 Å². The molecule has 3 rings (SSSR count). The van der Waals surface area contributed by atoms with Crippen LogP contribution in [0.15, 0.2) is 66.7 Å². The first-order valence-electron chi connectivity index (χ1n) is 9.67. The van der Waals surface area contributed by atoms with Crippen LogP contribution >= 0.6 is 0 Å². The molecule has 1 fully saturated rings. The van der Waals surface area contributed by atoms with Crippen molar-refractivity contribution in [2.45, 2.75) is 31.7 Å². The molecule has 2 aromatic carbocycles. The highest BCUT2D eigenvalue weighted by Gasteiger charge is 2.14. The normalized spacial score (nSPS) is 15.5. The quantitative estimate of drug-likeness (QED) is 0.717. The fraction of sp³-hybridized carbons (Fsp3) is 0.348. The summed E-state index contributed by atoms with van der Waals surface area (Å²) in [6, 6.07) is 18.3. The Labute approximate surface area is 161 Å². The third-order valence-corrected chi connectivity index (χ3v) is 4.93. The summed E-state index contributed by atoms with van der Waals surface area (Å²) in [4.78, 5) is 14.3. The average Bonchev–Trinajstić information content (AvgIpc) is 2.74. The lowest BCUT2D eigenvalue weighted by atomic mass is 10.0. The SMILES string of the molecule is COc1ccc(N[C@H](C/C=C/C(=O)N2CCCCC2)c2ccccc2)cc1. The molecule has 4 heteroatoms. The number of benzene rings is 2. The summed E-state index contributed by atoms with van der Waals surface area (Å²) in [5.74, 6) is 0.967. The van der Waals surface area contributed by atoms with Crippen LogP contribution in [0.4, 0.5) is 5.69 Å². The average molecular weight is 364 g/mol. The van der Waals surface area contributed by atoms with Crippen molar-refractivity contribution in [3.63, 3.8) is 0 Å². The van der Waals surface area contributed by atoms with Crippen LogP contribution in [0.5, 0.6) is 5.75 Å². The van der Waals surface area contributed by atoms with Crippen LogP contribution in [0.2, 0.25) is 0 Å². The first-order chi connectivity index (χ1) is 13.3. The van der Waals surface area contributed by atoms with Crippen molar-refractivity contribution in [1.82, 2.24) is 4.90 Å². The lowest BCUT2D eigenvalue weighted by Crippen LogP contribution is -2.34. The van der Waals surface area contributed by atoms with Gasteiger partial charge in [0.1, 0.15) is 5.75 Å². The molecule has 4 nitrogen and oxygen atoms in total. The first kappa shape index (κ1) is 19.0. The number of nitrogens with zero attached hydrogens (tertiary/aromatic N) is 1. The van der Waals surface area contributed by atoms with Crippen molar-refractivity contribution in [3.05, 3.63) is 72.3 Å². The summed E-state index contributed by atoms with van der Waals surface area (Å²) in [5, 5.41) is 3.57. The molecule has 0 saturated carbocycles. The molecule has 142 valence electrons. The van der Waals surface area contributed by atoms with E-state index in [1.807, 2.05) is 53.4 Å². The molecule has 1 N–H and O–H groups in total. The highest BCUT2D eigenvalue weighted by Crippen LogP contribution is 2.24. The van der Waals surface area contributed by atoms with Gasteiger partial charge in [0.05, 0.1) is 13.2 Å². The van der Waals surface area contributed by atoms with Crippen molar-refractivity contribution in [2.75, 3.05) is 25.5 Å². The molecule has 1 amide bonds. The number of hydrogen-bond acceptors (Lipinski definition) is 3. The number of rotatable bonds is 7. The summed E-state index contributed by atoms with van der Waals surface area (Å²) in [7, 11) is 1.67. The summed E-state index contributed by atoms with van der Waals surface area (Å²) in [6.07, 6.45) is 7.93. The molecule has 0 spiro atoms. The highest BCUT2D eigenvalue weighted by molar-refractivity contribution is 5.87. The zero-order valence-electron chi connectivity index (χ0n) is 15.9. The fourth-order valence-corrected chi connectivity index (χ4v) is 3.38. The van der Waals surface area contributed by atoms with Gasteiger partial charge in [-0.2, -0.15) is 0 Å². The summed E-state index contributed by atoms with van der Waals surface area (Å²) in [6.45, 7) is 1.77. The third-order valence-electron chi connectivity index (χ3n) is 4.93. The summed E-state index contributed by atoms with van der Waals surface area (Å²) in [5.41, 5.74) is 2.23. The van der Waals surface area contributed by atoms with E-state index in [1.54, 1.807) is 13.2 Å². The minimum Gasteiger partial charge on any atom is -0.497 e. The second-order valence-electron chi connectivity index (χ2n) is 6.86. The molecule has 1 heterocycles. The Bertz CT molecular complexity index is 735. The molecule has 1 saturated heterocycles. The predicted octanol–water partition coefficient (Wildman–Crippen LogP) is 4.81. The van der Waals surface area contributed by atoms with Crippen LogP contribution in [0.25, 0.3) is 0 Å². The number of carbonyl (C=O) groups is 1. The largest absolute Gasteiger partial charge is 0.497 e. The maximum absolute atomic E-state index is 12.3. The van der Waals surface area contributed by atoms with Gasteiger partial charge < -0.3 is 15.0 Å². The monoisotopic (exact) mass is 364 g/mol. The van der Waals surface area contributed by atoms with Gasteiger partial charge in [-0.15, -0.1) is 0 Å². The van der Waals surface area contributed by atoms with Crippen molar-refractivity contribution in [3.8, 4) is 5.75 Å². The van der Waals surface area contributed by atoms with E-state index in [9.17, 15) is 4.79 Å². The Hall–Kier alpha value is -2.75. The van der Waals surface area contributed by atoms with E-state index in [2.05, 4.69) is 17.4 Å². The van der Waals surface area contributed by atoms with Gasteiger partial charge in [0.25, 0.3) is 0 Å². The summed E-state index contributed by atoms with van der Waals surface area (Å²) < 4.78 is 5.23. The molecule has 1 atom stereocenters. The van der Waals surface area contributed by atoms with Gasteiger partial charge in [0, 0.05) is 18.8 Å². The second-order valence-corrected chi connectivity index (χ2v) is 6.86. The standard InChI is InChI=1S/C23H28N2O2/c1-27-21-15-13-20(14-16-21)24-22(19-9-4-2-5-10-19)11-8-12-23(26)25-17-6-3-7-18-25/h2,4-5,8-10,12-16,22,24H,3,6-7,11,17-18H2,1H3/b12-8+/t22-/m1/s1. The van der Waals surface area contributed by atoms with E-state index in [1.165, 1.54) is 12.0 Å². The van der Waals surface area contributed by atoms with Crippen LogP contribution in [-0.4, -0.2) is 31.0 Å². The number of anilines is 1. The Morgan fingerprint density at radius 3 is 2.44 bits per heavy atom. The van der Waals surface area contributed by atoms with Crippen molar-refractivity contribution in [2.24, 2.45) is 0 Å². The molecule has 0 aliphatic carbocycles. The maximum atomic E-state index is 12.3. The van der Waals surface area contributed by atoms with E-state index in [-0.39, 0.29) is 11.9 Å². The third kappa shape index (κ3) is 5.61.